The first-order chi connectivity index (χ1) is 14.3. The molecule has 156 valence electrons. The van der Waals surface area contributed by atoms with Gasteiger partial charge < -0.3 is 9.64 Å². The number of benzene rings is 2. The number of aromatic nitrogens is 2. The number of carbonyl (C=O) groups excluding carboxylic acids is 1. The van der Waals surface area contributed by atoms with E-state index in [1.807, 2.05) is 44.1 Å². The standard InChI is InChI=1S/C22H23BrN4O3/c1-5-6-21-25-19-10-8-16(23)11-18(19)22(29)27(21)24-13-15-7-9-17(26(3)4)12-20(15)30-14(2)28/h7-13H,5-6H2,1-4H3. The first-order valence-electron chi connectivity index (χ1n) is 9.55. The van der Waals surface area contributed by atoms with Crippen LogP contribution in [0.5, 0.6) is 5.75 Å². The summed E-state index contributed by atoms with van der Waals surface area (Å²) in [6, 6.07) is 10.9. The minimum atomic E-state index is -0.429. The molecule has 2 aromatic carbocycles. The zero-order valence-corrected chi connectivity index (χ0v) is 18.9. The molecule has 0 fully saturated rings. The second-order valence-corrected chi connectivity index (χ2v) is 7.93. The predicted molar refractivity (Wildman–Crippen MR) is 123 cm³/mol. The molecule has 0 spiro atoms. The van der Waals surface area contributed by atoms with Gasteiger partial charge >= 0.3 is 5.97 Å². The van der Waals surface area contributed by atoms with E-state index in [2.05, 4.69) is 26.0 Å². The number of ether oxygens (including phenoxy) is 1. The van der Waals surface area contributed by atoms with Crippen LogP contribution in [0.4, 0.5) is 5.69 Å². The fourth-order valence-electron chi connectivity index (χ4n) is 2.97. The van der Waals surface area contributed by atoms with Crippen molar-refractivity contribution < 1.29 is 9.53 Å². The van der Waals surface area contributed by atoms with Gasteiger partial charge in [0.15, 0.2) is 0 Å². The maximum Gasteiger partial charge on any atom is 0.308 e. The number of nitrogens with zero attached hydrogens (tertiary/aromatic N) is 4. The second-order valence-electron chi connectivity index (χ2n) is 7.01. The molecule has 0 aliphatic rings. The molecule has 3 aromatic rings. The maximum absolute atomic E-state index is 13.1. The van der Waals surface area contributed by atoms with Crippen molar-refractivity contribution in [2.75, 3.05) is 19.0 Å². The number of aryl methyl sites for hydroxylation is 1. The normalized spacial score (nSPS) is 11.2. The van der Waals surface area contributed by atoms with E-state index in [-0.39, 0.29) is 5.56 Å². The summed E-state index contributed by atoms with van der Waals surface area (Å²) in [5, 5.41) is 4.89. The Labute approximate surface area is 183 Å². The predicted octanol–water partition coefficient (Wildman–Crippen LogP) is 3.99. The molecule has 7 nitrogen and oxygen atoms in total. The Kier molecular flexibility index (Phi) is 6.66. The molecular formula is C22H23BrN4O3. The van der Waals surface area contributed by atoms with E-state index in [1.54, 1.807) is 18.2 Å². The van der Waals surface area contributed by atoms with Crippen LogP contribution in [-0.4, -0.2) is 35.9 Å². The molecule has 0 unspecified atom stereocenters. The van der Waals surface area contributed by atoms with Crippen LogP contribution in [0.15, 0.2) is 50.8 Å². The third-order valence-electron chi connectivity index (χ3n) is 4.43. The number of esters is 1. The van der Waals surface area contributed by atoms with Crippen LogP contribution in [0.2, 0.25) is 0 Å². The highest BCUT2D eigenvalue weighted by Gasteiger charge is 2.12. The highest BCUT2D eigenvalue weighted by molar-refractivity contribution is 9.10. The van der Waals surface area contributed by atoms with Crippen molar-refractivity contribution >= 4 is 44.7 Å². The van der Waals surface area contributed by atoms with Crippen molar-refractivity contribution in [1.82, 2.24) is 9.66 Å². The molecule has 1 heterocycles. The van der Waals surface area contributed by atoms with E-state index < -0.39 is 5.97 Å². The van der Waals surface area contributed by atoms with Crippen molar-refractivity contribution in [1.29, 1.82) is 0 Å². The minimum Gasteiger partial charge on any atom is -0.426 e. The summed E-state index contributed by atoms with van der Waals surface area (Å²) in [5.41, 5.74) is 1.85. The Hall–Kier alpha value is -3.00. The molecule has 1 aromatic heterocycles. The summed E-state index contributed by atoms with van der Waals surface area (Å²) in [4.78, 5) is 31.2. The number of hydrogen-bond acceptors (Lipinski definition) is 6. The van der Waals surface area contributed by atoms with Gasteiger partial charge in [-0.2, -0.15) is 9.78 Å². The molecule has 0 saturated heterocycles. The third-order valence-corrected chi connectivity index (χ3v) is 4.92. The van der Waals surface area contributed by atoms with E-state index in [9.17, 15) is 9.59 Å². The van der Waals surface area contributed by atoms with E-state index in [4.69, 9.17) is 4.74 Å². The first kappa shape index (κ1) is 21.7. The zero-order chi connectivity index (χ0) is 21.8. The van der Waals surface area contributed by atoms with Crippen LogP contribution >= 0.6 is 15.9 Å². The molecule has 0 amide bonds. The van der Waals surface area contributed by atoms with Crippen molar-refractivity contribution in [3.05, 3.63) is 62.6 Å². The van der Waals surface area contributed by atoms with Crippen LogP contribution in [-0.2, 0) is 11.2 Å². The number of carbonyl (C=O) groups is 1. The summed E-state index contributed by atoms with van der Waals surface area (Å²) in [6.45, 7) is 3.36. The molecular weight excluding hydrogens is 448 g/mol. The Morgan fingerprint density at radius 2 is 2.03 bits per heavy atom. The van der Waals surface area contributed by atoms with Gasteiger partial charge in [-0.15, -0.1) is 0 Å². The monoisotopic (exact) mass is 470 g/mol. The largest absolute Gasteiger partial charge is 0.426 e. The fourth-order valence-corrected chi connectivity index (χ4v) is 3.33. The van der Waals surface area contributed by atoms with Crippen molar-refractivity contribution in [2.45, 2.75) is 26.7 Å². The van der Waals surface area contributed by atoms with Gasteiger partial charge in [-0.1, -0.05) is 22.9 Å². The van der Waals surface area contributed by atoms with Gasteiger partial charge in [0.2, 0.25) is 0 Å². The zero-order valence-electron chi connectivity index (χ0n) is 17.3. The number of anilines is 1. The van der Waals surface area contributed by atoms with Crippen LogP contribution in [0.25, 0.3) is 10.9 Å². The van der Waals surface area contributed by atoms with Gasteiger partial charge in [0.25, 0.3) is 5.56 Å². The van der Waals surface area contributed by atoms with Crippen molar-refractivity contribution in [2.24, 2.45) is 5.10 Å². The molecule has 3 rings (SSSR count). The maximum atomic E-state index is 13.1. The highest BCUT2D eigenvalue weighted by atomic mass is 79.9. The third kappa shape index (κ3) is 4.76. The SMILES string of the molecule is CCCc1nc2ccc(Br)cc2c(=O)n1N=Cc1ccc(N(C)C)cc1OC(C)=O. The number of rotatable bonds is 6. The Bertz CT molecular complexity index is 1180. The number of fused-ring (bicyclic) bond motifs is 1. The summed E-state index contributed by atoms with van der Waals surface area (Å²) < 4.78 is 7.46. The molecule has 0 atom stereocenters. The summed E-state index contributed by atoms with van der Waals surface area (Å²) in [6.07, 6.45) is 2.94. The summed E-state index contributed by atoms with van der Waals surface area (Å²) in [7, 11) is 3.80. The van der Waals surface area contributed by atoms with Gasteiger partial charge in [-0.05, 0) is 36.8 Å². The smallest absolute Gasteiger partial charge is 0.308 e. The molecule has 0 bridgehead atoms. The van der Waals surface area contributed by atoms with E-state index in [1.165, 1.54) is 17.8 Å². The van der Waals surface area contributed by atoms with Crippen molar-refractivity contribution in [3.63, 3.8) is 0 Å². The van der Waals surface area contributed by atoms with Gasteiger partial charge in [0, 0.05) is 49.2 Å². The highest BCUT2D eigenvalue weighted by Crippen LogP contribution is 2.24. The number of hydrogen-bond donors (Lipinski definition) is 0. The molecule has 0 N–H and O–H groups in total. The Morgan fingerprint density at radius 1 is 1.27 bits per heavy atom. The van der Waals surface area contributed by atoms with Gasteiger partial charge in [-0.25, -0.2) is 4.98 Å². The van der Waals surface area contributed by atoms with Gasteiger partial charge in [0.1, 0.15) is 11.6 Å². The van der Waals surface area contributed by atoms with Crippen LogP contribution in [0.3, 0.4) is 0 Å². The molecule has 8 heteroatoms. The molecule has 0 aliphatic carbocycles. The lowest BCUT2D eigenvalue weighted by Gasteiger charge is -2.15. The van der Waals surface area contributed by atoms with Gasteiger partial charge in [-0.3, -0.25) is 9.59 Å². The Balaban J connectivity index is 2.13. The molecule has 0 radical (unpaired) electrons. The molecule has 0 aliphatic heterocycles. The van der Waals surface area contributed by atoms with Crippen LogP contribution in [0.1, 0.15) is 31.7 Å². The van der Waals surface area contributed by atoms with Crippen LogP contribution < -0.4 is 15.2 Å². The first-order valence-corrected chi connectivity index (χ1v) is 10.3. The van der Waals surface area contributed by atoms with Gasteiger partial charge in [0.05, 0.1) is 17.1 Å². The molecule has 0 saturated carbocycles. The van der Waals surface area contributed by atoms with E-state index in [0.29, 0.717) is 34.5 Å². The topological polar surface area (TPSA) is 76.8 Å². The second kappa shape index (κ2) is 9.21. The number of halogens is 1. The summed E-state index contributed by atoms with van der Waals surface area (Å²) >= 11 is 3.40. The van der Waals surface area contributed by atoms with Crippen molar-refractivity contribution in [3.8, 4) is 5.75 Å². The molecule has 30 heavy (non-hydrogen) atoms. The van der Waals surface area contributed by atoms with E-state index in [0.717, 1.165) is 16.6 Å². The average Bonchev–Trinajstić information content (AvgIpc) is 2.69. The average molecular weight is 471 g/mol. The lowest BCUT2D eigenvalue weighted by Crippen LogP contribution is -2.22. The lowest BCUT2D eigenvalue weighted by molar-refractivity contribution is -0.131. The quantitative estimate of drug-likeness (QED) is 0.309. The summed E-state index contributed by atoms with van der Waals surface area (Å²) in [5.74, 6) is 0.521. The Morgan fingerprint density at radius 3 is 2.70 bits per heavy atom. The minimum absolute atomic E-state index is 0.250. The fraction of sp³-hybridized carbons (Fsp3) is 0.273. The lowest BCUT2D eigenvalue weighted by atomic mass is 10.2. The van der Waals surface area contributed by atoms with Crippen LogP contribution in [0, 0.1) is 0 Å². The van der Waals surface area contributed by atoms with E-state index >= 15 is 0 Å².